The number of nitrogens with one attached hydrogen (secondary N) is 2. The summed E-state index contributed by atoms with van der Waals surface area (Å²) in [6.45, 7) is 5.69. The maximum Gasteiger partial charge on any atom is 0.424 e. The lowest BCUT2D eigenvalue weighted by Gasteiger charge is -2.24. The average molecular weight is 358 g/mol. The van der Waals surface area contributed by atoms with Crippen molar-refractivity contribution in [2.45, 2.75) is 45.4 Å². The van der Waals surface area contributed by atoms with Gasteiger partial charge < -0.3 is 10.1 Å². The summed E-state index contributed by atoms with van der Waals surface area (Å²) >= 11 is 5.70. The normalized spacial score (nSPS) is 17.7. The molecule has 6 nitrogen and oxygen atoms in total. The minimum atomic E-state index is -0.608. The number of rotatable bonds is 3. The Kier molecular flexibility index (Phi) is 5.66. The number of halogens is 2. The molecule has 0 aromatic heterocycles. The molecule has 8 heteroatoms. The van der Waals surface area contributed by atoms with Gasteiger partial charge in [-0.1, -0.05) is 23.7 Å². The number of amides is 2. The van der Waals surface area contributed by atoms with Crippen molar-refractivity contribution in [1.82, 2.24) is 15.8 Å². The highest BCUT2D eigenvalue weighted by molar-refractivity contribution is 6.30. The summed E-state index contributed by atoms with van der Waals surface area (Å²) in [5.41, 5.74) is 2.50. The molecule has 0 bridgehead atoms. The van der Waals surface area contributed by atoms with Crippen molar-refractivity contribution in [3.8, 4) is 0 Å². The van der Waals surface area contributed by atoms with Crippen molar-refractivity contribution in [3.63, 3.8) is 0 Å². The Hall–Kier alpha value is -1.86. The first-order chi connectivity index (χ1) is 11.2. The maximum atomic E-state index is 13.8. The fourth-order valence-electron chi connectivity index (χ4n) is 2.22. The first-order valence-corrected chi connectivity index (χ1v) is 8.02. The number of benzene rings is 1. The van der Waals surface area contributed by atoms with Crippen LogP contribution in [0.5, 0.6) is 0 Å². The van der Waals surface area contributed by atoms with E-state index >= 15 is 0 Å². The van der Waals surface area contributed by atoms with Gasteiger partial charge in [-0.25, -0.2) is 19.6 Å². The molecule has 1 aromatic rings. The SMILES string of the molecule is CC(C)(C)OC(=O)N1CCC(C(=O)NCc2cccc(Cl)c2F)N1. The summed E-state index contributed by atoms with van der Waals surface area (Å²) in [6, 6.07) is 4.04. The van der Waals surface area contributed by atoms with Gasteiger partial charge in [-0.05, 0) is 33.3 Å². The number of hydrogen-bond donors (Lipinski definition) is 2. The van der Waals surface area contributed by atoms with E-state index in [9.17, 15) is 14.0 Å². The second-order valence-corrected chi connectivity index (χ2v) is 6.94. The highest BCUT2D eigenvalue weighted by Gasteiger charge is 2.33. The van der Waals surface area contributed by atoms with Crippen LogP contribution in [0.15, 0.2) is 18.2 Å². The predicted octanol–water partition coefficient (Wildman–Crippen LogP) is 2.61. The second-order valence-electron chi connectivity index (χ2n) is 6.53. The van der Waals surface area contributed by atoms with Gasteiger partial charge in [0, 0.05) is 18.7 Å². The van der Waals surface area contributed by atoms with Crippen LogP contribution < -0.4 is 10.7 Å². The van der Waals surface area contributed by atoms with E-state index in [0.717, 1.165) is 0 Å². The predicted molar refractivity (Wildman–Crippen MR) is 87.7 cm³/mol. The monoisotopic (exact) mass is 357 g/mol. The van der Waals surface area contributed by atoms with Crippen LogP contribution in [0, 0.1) is 5.82 Å². The van der Waals surface area contributed by atoms with E-state index in [2.05, 4.69) is 10.7 Å². The van der Waals surface area contributed by atoms with Crippen molar-refractivity contribution in [2.75, 3.05) is 6.54 Å². The second kappa shape index (κ2) is 7.36. The molecule has 132 valence electrons. The lowest BCUT2D eigenvalue weighted by atomic mass is 10.2. The van der Waals surface area contributed by atoms with Crippen molar-refractivity contribution in [2.24, 2.45) is 0 Å². The van der Waals surface area contributed by atoms with E-state index < -0.39 is 23.6 Å². The first kappa shape index (κ1) is 18.5. The first-order valence-electron chi connectivity index (χ1n) is 7.64. The molecule has 0 aliphatic carbocycles. The molecule has 2 N–H and O–H groups in total. The van der Waals surface area contributed by atoms with E-state index in [1.165, 1.54) is 11.1 Å². The van der Waals surface area contributed by atoms with E-state index in [-0.39, 0.29) is 17.5 Å². The smallest absolute Gasteiger partial charge is 0.424 e. The van der Waals surface area contributed by atoms with Gasteiger partial charge in [-0.2, -0.15) is 0 Å². The van der Waals surface area contributed by atoms with E-state index in [1.807, 2.05) is 0 Å². The van der Waals surface area contributed by atoms with Gasteiger partial charge in [-0.3, -0.25) is 4.79 Å². The molecule has 1 saturated heterocycles. The molecule has 1 unspecified atom stereocenters. The largest absolute Gasteiger partial charge is 0.443 e. The molecular formula is C16H21ClFN3O3. The lowest BCUT2D eigenvalue weighted by Crippen LogP contribution is -2.48. The molecule has 1 atom stereocenters. The van der Waals surface area contributed by atoms with E-state index in [0.29, 0.717) is 18.5 Å². The molecule has 2 amide bonds. The van der Waals surface area contributed by atoms with Crippen molar-refractivity contribution in [3.05, 3.63) is 34.6 Å². The van der Waals surface area contributed by atoms with Crippen LogP contribution in [0.4, 0.5) is 9.18 Å². The Morgan fingerprint density at radius 1 is 1.46 bits per heavy atom. The summed E-state index contributed by atoms with van der Waals surface area (Å²) in [4.78, 5) is 24.1. The minimum absolute atomic E-state index is 0.0110. The zero-order chi connectivity index (χ0) is 17.9. The highest BCUT2D eigenvalue weighted by atomic mass is 35.5. The minimum Gasteiger partial charge on any atom is -0.443 e. The third kappa shape index (κ3) is 4.82. The summed E-state index contributed by atoms with van der Waals surface area (Å²) in [5.74, 6) is -0.866. The lowest BCUT2D eigenvalue weighted by molar-refractivity contribution is -0.123. The molecule has 1 aliphatic rings. The molecule has 2 rings (SSSR count). The molecule has 1 aromatic carbocycles. The van der Waals surface area contributed by atoms with Crippen molar-refractivity contribution < 1.29 is 18.7 Å². The molecular weight excluding hydrogens is 337 g/mol. The van der Waals surface area contributed by atoms with Gasteiger partial charge in [-0.15, -0.1) is 0 Å². The molecule has 1 aliphatic heterocycles. The fraction of sp³-hybridized carbons (Fsp3) is 0.500. The summed E-state index contributed by atoms with van der Waals surface area (Å²) in [7, 11) is 0. The Morgan fingerprint density at radius 2 is 2.17 bits per heavy atom. The summed E-state index contributed by atoms with van der Waals surface area (Å²) < 4.78 is 19.0. The molecule has 1 heterocycles. The molecule has 0 radical (unpaired) electrons. The van der Waals surface area contributed by atoms with E-state index in [1.54, 1.807) is 32.9 Å². The third-order valence-corrected chi connectivity index (χ3v) is 3.66. The number of nitrogens with zero attached hydrogens (tertiary/aromatic N) is 1. The standard InChI is InChI=1S/C16H21ClFN3O3/c1-16(2,3)24-15(23)21-8-7-12(20-21)14(22)19-9-10-5-4-6-11(17)13(10)18/h4-6,12,20H,7-9H2,1-3H3,(H,19,22). The van der Waals surface area contributed by atoms with Gasteiger partial charge in [0.15, 0.2) is 0 Å². The number of ether oxygens (including phenoxy) is 1. The summed E-state index contributed by atoms with van der Waals surface area (Å²) in [5, 5.41) is 3.92. The molecule has 1 fully saturated rings. The van der Waals surface area contributed by atoms with Crippen LogP contribution in [0.3, 0.4) is 0 Å². The third-order valence-electron chi connectivity index (χ3n) is 3.37. The van der Waals surface area contributed by atoms with Crippen LogP contribution in [0.25, 0.3) is 0 Å². The Balaban J connectivity index is 1.86. The van der Waals surface area contributed by atoms with Crippen LogP contribution in [-0.4, -0.2) is 35.2 Å². The van der Waals surface area contributed by atoms with Crippen LogP contribution in [-0.2, 0) is 16.1 Å². The zero-order valence-corrected chi connectivity index (χ0v) is 14.6. The average Bonchev–Trinajstić information content (AvgIpc) is 2.97. The topological polar surface area (TPSA) is 70.7 Å². The molecule has 0 saturated carbocycles. The Labute approximate surface area is 145 Å². The van der Waals surface area contributed by atoms with Crippen LogP contribution in [0.1, 0.15) is 32.8 Å². The van der Waals surface area contributed by atoms with Gasteiger partial charge in [0.2, 0.25) is 5.91 Å². The number of hydrogen-bond acceptors (Lipinski definition) is 4. The van der Waals surface area contributed by atoms with Gasteiger partial charge in [0.05, 0.1) is 5.02 Å². The fourth-order valence-corrected chi connectivity index (χ4v) is 2.41. The van der Waals surface area contributed by atoms with E-state index in [4.69, 9.17) is 16.3 Å². The number of carbonyl (C=O) groups is 2. The highest BCUT2D eigenvalue weighted by Crippen LogP contribution is 2.18. The van der Waals surface area contributed by atoms with Crippen molar-refractivity contribution in [1.29, 1.82) is 0 Å². The summed E-state index contributed by atoms with van der Waals surface area (Å²) in [6.07, 6.45) is -0.0815. The van der Waals surface area contributed by atoms with Gasteiger partial charge in [0.25, 0.3) is 0 Å². The molecule has 0 spiro atoms. The Bertz CT molecular complexity index is 633. The van der Waals surface area contributed by atoms with Gasteiger partial charge in [0.1, 0.15) is 17.5 Å². The van der Waals surface area contributed by atoms with Gasteiger partial charge >= 0.3 is 6.09 Å². The quantitative estimate of drug-likeness (QED) is 0.872. The zero-order valence-electron chi connectivity index (χ0n) is 13.9. The van der Waals surface area contributed by atoms with Crippen LogP contribution >= 0.6 is 11.6 Å². The maximum absolute atomic E-state index is 13.8. The number of carbonyl (C=O) groups excluding carboxylic acids is 2. The molecule has 24 heavy (non-hydrogen) atoms. The Morgan fingerprint density at radius 3 is 2.83 bits per heavy atom. The number of hydrazine groups is 1. The van der Waals surface area contributed by atoms with Crippen LogP contribution in [0.2, 0.25) is 5.02 Å². The van der Waals surface area contributed by atoms with Crippen molar-refractivity contribution >= 4 is 23.6 Å².